The molecule has 0 atom stereocenters. The molecule has 0 aromatic carbocycles. The van der Waals surface area contributed by atoms with Crippen molar-refractivity contribution in [3.8, 4) is 5.75 Å². The van der Waals surface area contributed by atoms with E-state index >= 15 is 0 Å². The number of carbonyl (C=O) groups is 1. The van der Waals surface area contributed by atoms with Gasteiger partial charge in [0.15, 0.2) is 11.4 Å². The Bertz CT molecular complexity index is 533. The van der Waals surface area contributed by atoms with Crippen LogP contribution in [0.15, 0.2) is 17.6 Å². The van der Waals surface area contributed by atoms with Crippen molar-refractivity contribution >= 4 is 39.7 Å². The molecule has 16 heavy (non-hydrogen) atoms. The van der Waals surface area contributed by atoms with Gasteiger partial charge in [-0.3, -0.25) is 9.48 Å². The third-order valence-corrected chi connectivity index (χ3v) is 3.96. The van der Waals surface area contributed by atoms with Crippen LogP contribution in [0.25, 0.3) is 0 Å². The number of aryl methyl sites for hydroxylation is 1. The second-order valence-electron chi connectivity index (χ2n) is 3.15. The molecule has 6 heteroatoms. The smallest absolute Gasteiger partial charge is 0.215 e. The third kappa shape index (κ3) is 1.99. The summed E-state index contributed by atoms with van der Waals surface area (Å²) in [5.41, 5.74) is 1.16. The Balaban J connectivity index is 2.44. The SMILES string of the molecule is COc1cnn(C)c1C(=O)c1csc(I)c1. The predicted octanol–water partition coefficient (Wildman–Crippen LogP) is 2.33. The number of aromatic nitrogens is 2. The van der Waals surface area contributed by atoms with Gasteiger partial charge in [-0.2, -0.15) is 5.10 Å². The third-order valence-electron chi connectivity index (χ3n) is 2.17. The summed E-state index contributed by atoms with van der Waals surface area (Å²) in [5.74, 6) is 0.449. The Morgan fingerprint density at radius 2 is 2.38 bits per heavy atom. The Hall–Kier alpha value is -0.890. The molecule has 0 N–H and O–H groups in total. The quantitative estimate of drug-likeness (QED) is 0.632. The molecule has 0 spiro atoms. The van der Waals surface area contributed by atoms with Gasteiger partial charge in [-0.05, 0) is 28.7 Å². The molecule has 0 aliphatic heterocycles. The molecule has 0 unspecified atom stereocenters. The fraction of sp³-hybridized carbons (Fsp3) is 0.200. The molecule has 84 valence electrons. The van der Waals surface area contributed by atoms with Crippen LogP contribution >= 0.6 is 33.9 Å². The van der Waals surface area contributed by atoms with Gasteiger partial charge in [0.1, 0.15) is 0 Å². The maximum Gasteiger partial charge on any atom is 0.215 e. The first kappa shape index (κ1) is 11.6. The average Bonchev–Trinajstić information content (AvgIpc) is 2.83. The lowest BCUT2D eigenvalue weighted by atomic mass is 10.1. The zero-order chi connectivity index (χ0) is 11.7. The zero-order valence-electron chi connectivity index (χ0n) is 8.73. The molecule has 4 nitrogen and oxygen atoms in total. The van der Waals surface area contributed by atoms with Crippen molar-refractivity contribution in [2.75, 3.05) is 7.11 Å². The van der Waals surface area contributed by atoms with Crippen LogP contribution in [0, 0.1) is 2.88 Å². The highest BCUT2D eigenvalue weighted by Crippen LogP contribution is 2.24. The van der Waals surface area contributed by atoms with E-state index in [4.69, 9.17) is 4.74 Å². The van der Waals surface area contributed by atoms with Gasteiger partial charge in [0.05, 0.1) is 16.2 Å². The summed E-state index contributed by atoms with van der Waals surface area (Å²) in [6.45, 7) is 0. The molecule has 0 amide bonds. The predicted molar refractivity (Wildman–Crippen MR) is 70.2 cm³/mol. The van der Waals surface area contributed by atoms with E-state index in [0.29, 0.717) is 17.0 Å². The Morgan fingerprint density at radius 3 is 2.94 bits per heavy atom. The van der Waals surface area contributed by atoms with Crippen molar-refractivity contribution in [1.29, 1.82) is 0 Å². The Morgan fingerprint density at radius 1 is 1.62 bits per heavy atom. The minimum absolute atomic E-state index is 0.0592. The van der Waals surface area contributed by atoms with Gasteiger partial charge in [-0.25, -0.2) is 0 Å². The number of methoxy groups -OCH3 is 1. The van der Waals surface area contributed by atoms with Gasteiger partial charge in [0.25, 0.3) is 0 Å². The lowest BCUT2D eigenvalue weighted by molar-refractivity contribution is 0.102. The van der Waals surface area contributed by atoms with Gasteiger partial charge in [0.2, 0.25) is 5.78 Å². The highest BCUT2D eigenvalue weighted by molar-refractivity contribution is 14.1. The molecule has 2 aromatic rings. The molecule has 0 aliphatic rings. The van der Waals surface area contributed by atoms with Crippen molar-refractivity contribution in [3.63, 3.8) is 0 Å². The van der Waals surface area contributed by atoms with E-state index in [2.05, 4.69) is 27.7 Å². The molecule has 0 aliphatic carbocycles. The normalized spacial score (nSPS) is 10.4. The standard InChI is InChI=1S/C10H9IN2O2S/c1-13-9(7(15-2)4-12-13)10(14)6-3-8(11)16-5-6/h3-5H,1-2H3. The van der Waals surface area contributed by atoms with Gasteiger partial charge in [-0.1, -0.05) is 0 Å². The van der Waals surface area contributed by atoms with Crippen LogP contribution in [0.4, 0.5) is 0 Å². The van der Waals surface area contributed by atoms with Crippen LogP contribution in [0.1, 0.15) is 16.1 Å². The zero-order valence-corrected chi connectivity index (χ0v) is 11.7. The molecule has 0 bridgehead atoms. The van der Waals surface area contributed by atoms with Crippen molar-refractivity contribution in [2.24, 2.45) is 7.05 Å². The number of hydrogen-bond acceptors (Lipinski definition) is 4. The molecular weight excluding hydrogens is 339 g/mol. The molecule has 0 saturated carbocycles. The number of rotatable bonds is 3. The van der Waals surface area contributed by atoms with E-state index in [1.165, 1.54) is 11.8 Å². The van der Waals surface area contributed by atoms with E-state index in [1.807, 2.05) is 11.4 Å². The van der Waals surface area contributed by atoms with Crippen molar-refractivity contribution in [3.05, 3.63) is 31.8 Å². The summed E-state index contributed by atoms with van der Waals surface area (Å²) in [4.78, 5) is 12.2. The van der Waals surface area contributed by atoms with Crippen molar-refractivity contribution in [1.82, 2.24) is 9.78 Å². The molecule has 0 radical (unpaired) electrons. The summed E-state index contributed by atoms with van der Waals surface area (Å²) in [5, 5.41) is 5.86. The number of nitrogens with zero attached hydrogens (tertiary/aromatic N) is 2. The van der Waals surface area contributed by atoms with E-state index in [-0.39, 0.29) is 5.78 Å². The first-order valence-corrected chi connectivity index (χ1v) is 6.44. The first-order chi connectivity index (χ1) is 7.63. The van der Waals surface area contributed by atoms with Crippen LogP contribution in [-0.2, 0) is 7.05 Å². The second kappa shape index (κ2) is 4.54. The minimum atomic E-state index is -0.0592. The summed E-state index contributed by atoms with van der Waals surface area (Å²) in [6.07, 6.45) is 1.55. The molecule has 0 saturated heterocycles. The number of ether oxygens (including phenoxy) is 1. The van der Waals surface area contributed by atoms with E-state index in [1.54, 1.807) is 24.6 Å². The van der Waals surface area contributed by atoms with Gasteiger partial charge in [0, 0.05) is 18.0 Å². The highest BCUT2D eigenvalue weighted by atomic mass is 127. The second-order valence-corrected chi connectivity index (χ2v) is 5.96. The molecule has 2 heterocycles. The fourth-order valence-corrected chi connectivity index (χ4v) is 2.72. The average molecular weight is 348 g/mol. The number of halogens is 1. The molecular formula is C10H9IN2O2S. The lowest BCUT2D eigenvalue weighted by Gasteiger charge is -2.02. The van der Waals surface area contributed by atoms with Crippen LogP contribution in [0.5, 0.6) is 5.75 Å². The number of carbonyl (C=O) groups excluding carboxylic acids is 1. The summed E-state index contributed by atoms with van der Waals surface area (Å²) >= 11 is 3.74. The maximum absolute atomic E-state index is 12.2. The van der Waals surface area contributed by atoms with Gasteiger partial charge < -0.3 is 4.74 Å². The highest BCUT2D eigenvalue weighted by Gasteiger charge is 2.20. The van der Waals surface area contributed by atoms with Crippen molar-refractivity contribution in [2.45, 2.75) is 0 Å². The summed E-state index contributed by atoms with van der Waals surface area (Å²) < 4.78 is 7.73. The fourth-order valence-electron chi connectivity index (χ4n) is 1.39. The summed E-state index contributed by atoms with van der Waals surface area (Å²) in [7, 11) is 3.26. The number of hydrogen-bond donors (Lipinski definition) is 0. The minimum Gasteiger partial charge on any atom is -0.493 e. The largest absolute Gasteiger partial charge is 0.493 e. The van der Waals surface area contributed by atoms with Gasteiger partial charge in [-0.15, -0.1) is 11.3 Å². The molecule has 2 rings (SSSR count). The van der Waals surface area contributed by atoms with Crippen LogP contribution in [-0.4, -0.2) is 22.7 Å². The monoisotopic (exact) mass is 348 g/mol. The number of ketones is 1. The van der Waals surface area contributed by atoms with Crippen LogP contribution < -0.4 is 4.74 Å². The Labute approximate surface area is 110 Å². The topological polar surface area (TPSA) is 44.1 Å². The van der Waals surface area contributed by atoms with E-state index in [9.17, 15) is 4.79 Å². The Kier molecular flexibility index (Phi) is 3.29. The van der Waals surface area contributed by atoms with Crippen LogP contribution in [0.2, 0.25) is 0 Å². The van der Waals surface area contributed by atoms with Crippen molar-refractivity contribution < 1.29 is 9.53 Å². The van der Waals surface area contributed by atoms with E-state index in [0.717, 1.165) is 2.88 Å². The maximum atomic E-state index is 12.2. The number of thiophene rings is 1. The summed E-state index contributed by atoms with van der Waals surface area (Å²) in [6, 6.07) is 1.86. The van der Waals surface area contributed by atoms with E-state index < -0.39 is 0 Å². The van der Waals surface area contributed by atoms with Gasteiger partial charge >= 0.3 is 0 Å². The molecule has 0 fully saturated rings. The molecule has 2 aromatic heterocycles. The lowest BCUT2D eigenvalue weighted by Crippen LogP contribution is -2.08. The van der Waals surface area contributed by atoms with Crippen LogP contribution in [0.3, 0.4) is 0 Å². The first-order valence-electron chi connectivity index (χ1n) is 4.48.